The van der Waals surface area contributed by atoms with Crippen LogP contribution in [0.2, 0.25) is 0 Å². The lowest BCUT2D eigenvalue weighted by Crippen LogP contribution is -2.12. The molecule has 0 aliphatic carbocycles. The number of carbonyl (C=O) groups excluding carboxylic acids is 1. The highest BCUT2D eigenvalue weighted by molar-refractivity contribution is 6.02. The lowest BCUT2D eigenvalue weighted by atomic mass is 10.3. The molecule has 2 heterocycles. The Hall–Kier alpha value is -2.25. The van der Waals surface area contributed by atoms with Gasteiger partial charge in [0.15, 0.2) is 5.69 Å². The van der Waals surface area contributed by atoms with Gasteiger partial charge in [0.2, 0.25) is 5.76 Å². The first kappa shape index (κ1) is 12.2. The maximum atomic E-state index is 12.6. The molecule has 0 atom stereocenters. The van der Waals surface area contributed by atoms with E-state index >= 15 is 0 Å². The summed E-state index contributed by atoms with van der Waals surface area (Å²) in [5, 5.41) is 11.7. The lowest BCUT2D eigenvalue weighted by molar-refractivity contribution is 0.0987. The number of anilines is 1. The SMILES string of the molecule is Cc1cc(C(=O)Nc2c(C(F)F)n[nH]c2C)on1. The molecule has 0 unspecified atom stereocenters. The molecule has 18 heavy (non-hydrogen) atoms. The van der Waals surface area contributed by atoms with E-state index in [4.69, 9.17) is 4.52 Å². The summed E-state index contributed by atoms with van der Waals surface area (Å²) < 4.78 is 30.0. The fourth-order valence-corrected chi connectivity index (χ4v) is 1.41. The van der Waals surface area contributed by atoms with Gasteiger partial charge in [-0.1, -0.05) is 5.16 Å². The number of alkyl halides is 2. The minimum atomic E-state index is -2.78. The fourth-order valence-electron chi connectivity index (χ4n) is 1.41. The number of H-pyrrole nitrogens is 1. The van der Waals surface area contributed by atoms with Crippen molar-refractivity contribution in [2.75, 3.05) is 5.32 Å². The highest BCUT2D eigenvalue weighted by Crippen LogP contribution is 2.27. The van der Waals surface area contributed by atoms with Crippen molar-refractivity contribution < 1.29 is 18.1 Å². The van der Waals surface area contributed by atoms with Crippen molar-refractivity contribution in [3.8, 4) is 0 Å². The van der Waals surface area contributed by atoms with Gasteiger partial charge in [-0.3, -0.25) is 9.89 Å². The summed E-state index contributed by atoms with van der Waals surface area (Å²) in [7, 11) is 0. The summed E-state index contributed by atoms with van der Waals surface area (Å²) in [5.41, 5.74) is 0.328. The zero-order valence-corrected chi connectivity index (χ0v) is 9.62. The average Bonchev–Trinajstić information content (AvgIpc) is 2.87. The summed E-state index contributed by atoms with van der Waals surface area (Å²) >= 11 is 0. The van der Waals surface area contributed by atoms with Gasteiger partial charge in [0.25, 0.3) is 12.3 Å². The van der Waals surface area contributed by atoms with Crippen LogP contribution >= 0.6 is 0 Å². The zero-order valence-electron chi connectivity index (χ0n) is 9.62. The number of hydrogen-bond acceptors (Lipinski definition) is 4. The molecule has 96 valence electrons. The van der Waals surface area contributed by atoms with Gasteiger partial charge in [0.05, 0.1) is 17.1 Å². The van der Waals surface area contributed by atoms with Crippen molar-refractivity contribution in [1.29, 1.82) is 0 Å². The molecular weight excluding hydrogens is 246 g/mol. The topological polar surface area (TPSA) is 83.8 Å². The quantitative estimate of drug-likeness (QED) is 0.881. The number of halogens is 2. The van der Waals surface area contributed by atoms with Crippen molar-refractivity contribution in [2.45, 2.75) is 20.3 Å². The first-order valence-corrected chi connectivity index (χ1v) is 5.06. The molecule has 1 amide bonds. The van der Waals surface area contributed by atoms with Gasteiger partial charge >= 0.3 is 0 Å². The first-order chi connectivity index (χ1) is 8.49. The second-order valence-electron chi connectivity index (χ2n) is 3.70. The lowest BCUT2D eigenvalue weighted by Gasteiger charge is -2.03. The molecular formula is C10H10F2N4O2. The van der Waals surface area contributed by atoms with Crippen LogP contribution < -0.4 is 5.32 Å². The van der Waals surface area contributed by atoms with Gasteiger partial charge in [0.1, 0.15) is 0 Å². The van der Waals surface area contributed by atoms with Crippen LogP contribution in [0.3, 0.4) is 0 Å². The van der Waals surface area contributed by atoms with Crippen LogP contribution in [0.1, 0.15) is 34.1 Å². The van der Waals surface area contributed by atoms with Crippen molar-refractivity contribution >= 4 is 11.6 Å². The van der Waals surface area contributed by atoms with E-state index in [0.29, 0.717) is 11.4 Å². The second-order valence-corrected chi connectivity index (χ2v) is 3.70. The molecule has 0 bridgehead atoms. The Morgan fingerprint density at radius 1 is 1.50 bits per heavy atom. The van der Waals surface area contributed by atoms with Crippen molar-refractivity contribution in [3.63, 3.8) is 0 Å². The number of hydrogen-bond donors (Lipinski definition) is 2. The third-order valence-electron chi connectivity index (χ3n) is 2.27. The van der Waals surface area contributed by atoms with Crippen molar-refractivity contribution in [1.82, 2.24) is 15.4 Å². The average molecular weight is 256 g/mol. The van der Waals surface area contributed by atoms with Gasteiger partial charge in [-0.25, -0.2) is 8.78 Å². The molecule has 2 aromatic rings. The fraction of sp³-hybridized carbons (Fsp3) is 0.300. The monoisotopic (exact) mass is 256 g/mol. The Kier molecular flexibility index (Phi) is 3.09. The minimum absolute atomic E-state index is 0.0379. The molecule has 0 aliphatic heterocycles. The van der Waals surface area contributed by atoms with E-state index in [1.807, 2.05) is 0 Å². The Morgan fingerprint density at radius 2 is 2.22 bits per heavy atom. The van der Waals surface area contributed by atoms with Crippen LogP contribution in [0.25, 0.3) is 0 Å². The molecule has 2 aromatic heterocycles. The maximum absolute atomic E-state index is 12.6. The van der Waals surface area contributed by atoms with E-state index < -0.39 is 18.0 Å². The number of aromatic nitrogens is 3. The molecule has 0 saturated carbocycles. The summed E-state index contributed by atoms with van der Waals surface area (Å²) in [6.45, 7) is 3.17. The van der Waals surface area contributed by atoms with Crippen molar-refractivity contribution in [3.05, 3.63) is 28.9 Å². The molecule has 0 fully saturated rings. The highest BCUT2D eigenvalue weighted by Gasteiger charge is 2.22. The number of rotatable bonds is 3. The van der Waals surface area contributed by atoms with E-state index in [1.54, 1.807) is 6.92 Å². The summed E-state index contributed by atoms with van der Waals surface area (Å²) in [4.78, 5) is 11.7. The summed E-state index contributed by atoms with van der Waals surface area (Å²) in [6.07, 6.45) is -2.78. The molecule has 8 heteroatoms. The third kappa shape index (κ3) is 2.22. The molecule has 6 nitrogen and oxygen atoms in total. The van der Waals surface area contributed by atoms with E-state index in [1.165, 1.54) is 13.0 Å². The van der Waals surface area contributed by atoms with E-state index in [2.05, 4.69) is 20.7 Å². The number of nitrogens with zero attached hydrogens (tertiary/aromatic N) is 2. The predicted octanol–water partition coefficient (Wildman–Crippen LogP) is 2.20. The maximum Gasteiger partial charge on any atom is 0.294 e. The Balaban J connectivity index is 2.24. The highest BCUT2D eigenvalue weighted by atomic mass is 19.3. The largest absolute Gasteiger partial charge is 0.351 e. The Bertz CT molecular complexity index is 576. The third-order valence-corrected chi connectivity index (χ3v) is 2.27. The van der Waals surface area contributed by atoms with Gasteiger partial charge in [-0.15, -0.1) is 0 Å². The van der Waals surface area contributed by atoms with E-state index in [-0.39, 0.29) is 11.4 Å². The molecule has 0 aromatic carbocycles. The summed E-state index contributed by atoms with van der Waals surface area (Å²) in [6, 6.07) is 1.41. The number of aryl methyl sites for hydroxylation is 2. The zero-order chi connectivity index (χ0) is 13.3. The Labute approximate surface area is 100 Å². The number of aromatic amines is 1. The van der Waals surface area contributed by atoms with Gasteiger partial charge < -0.3 is 9.84 Å². The Morgan fingerprint density at radius 3 is 2.78 bits per heavy atom. The number of amides is 1. The second kappa shape index (κ2) is 4.55. The molecule has 0 saturated heterocycles. The molecule has 2 rings (SSSR count). The smallest absolute Gasteiger partial charge is 0.294 e. The van der Waals surface area contributed by atoms with Gasteiger partial charge in [0, 0.05) is 6.07 Å². The van der Waals surface area contributed by atoms with Crippen LogP contribution in [0.5, 0.6) is 0 Å². The van der Waals surface area contributed by atoms with Crippen LogP contribution in [0.15, 0.2) is 10.6 Å². The molecule has 0 radical (unpaired) electrons. The van der Waals surface area contributed by atoms with Crippen LogP contribution in [0, 0.1) is 13.8 Å². The van der Waals surface area contributed by atoms with Gasteiger partial charge in [-0.2, -0.15) is 5.10 Å². The van der Waals surface area contributed by atoms with E-state index in [0.717, 1.165) is 0 Å². The van der Waals surface area contributed by atoms with Crippen LogP contribution in [-0.2, 0) is 0 Å². The standard InChI is InChI=1S/C10H10F2N4O2/c1-4-3-6(18-16-4)10(17)13-7-5(2)14-15-8(7)9(11)12/h3,9H,1-2H3,(H,13,17)(H,14,15). The first-order valence-electron chi connectivity index (χ1n) is 5.06. The van der Waals surface area contributed by atoms with Gasteiger partial charge in [-0.05, 0) is 13.8 Å². The van der Waals surface area contributed by atoms with Crippen molar-refractivity contribution in [2.24, 2.45) is 0 Å². The minimum Gasteiger partial charge on any atom is -0.351 e. The molecule has 2 N–H and O–H groups in total. The predicted molar refractivity (Wildman–Crippen MR) is 57.5 cm³/mol. The normalized spacial score (nSPS) is 10.9. The number of nitrogens with one attached hydrogen (secondary N) is 2. The van der Waals surface area contributed by atoms with Crippen LogP contribution in [0.4, 0.5) is 14.5 Å². The molecule has 0 spiro atoms. The molecule has 0 aliphatic rings. The van der Waals surface area contributed by atoms with Crippen LogP contribution in [-0.4, -0.2) is 21.3 Å². The number of carbonyl (C=O) groups is 1. The van der Waals surface area contributed by atoms with E-state index in [9.17, 15) is 13.6 Å². The summed E-state index contributed by atoms with van der Waals surface area (Å²) in [5.74, 6) is -0.699.